The van der Waals surface area contributed by atoms with Crippen molar-refractivity contribution in [2.75, 3.05) is 26.2 Å². The molecule has 1 aliphatic heterocycles. The average Bonchev–Trinajstić information content (AvgIpc) is 2.77. The number of methoxy groups -OCH3 is 3. The molecule has 2 aromatic carbocycles. The number of urea groups is 1. The van der Waals surface area contributed by atoms with Crippen molar-refractivity contribution in [3.63, 3.8) is 0 Å². The van der Waals surface area contributed by atoms with E-state index in [2.05, 4.69) is 5.32 Å². The SMILES string of the molecule is COc1cc(N2C(=O)NC(=O)C(=Cc3ccc(OC(C)C)c(OC)c3)C2=O)c(OC)cc1Cl. The fourth-order valence-corrected chi connectivity index (χ4v) is 3.42. The Hall–Kier alpha value is -3.72. The molecule has 0 atom stereocenters. The minimum Gasteiger partial charge on any atom is -0.495 e. The fourth-order valence-electron chi connectivity index (χ4n) is 3.19. The molecule has 1 aliphatic rings. The Kier molecular flexibility index (Phi) is 7.13. The average molecular weight is 475 g/mol. The molecule has 1 saturated heterocycles. The molecule has 0 aromatic heterocycles. The number of nitrogens with zero attached hydrogens (tertiary/aromatic N) is 1. The number of rotatable bonds is 7. The molecule has 10 heteroatoms. The quantitative estimate of drug-likeness (QED) is 0.480. The lowest BCUT2D eigenvalue weighted by atomic mass is 10.1. The van der Waals surface area contributed by atoms with Crippen LogP contribution in [-0.2, 0) is 9.59 Å². The number of carbonyl (C=O) groups excluding carboxylic acids is 3. The fraction of sp³-hybridized carbons (Fsp3) is 0.261. The maximum Gasteiger partial charge on any atom is 0.336 e. The molecule has 1 fully saturated rings. The van der Waals surface area contributed by atoms with Crippen LogP contribution in [0, 0.1) is 0 Å². The van der Waals surface area contributed by atoms with Crippen LogP contribution in [0.3, 0.4) is 0 Å². The molecule has 0 bridgehead atoms. The van der Waals surface area contributed by atoms with Gasteiger partial charge in [0, 0.05) is 12.1 Å². The largest absolute Gasteiger partial charge is 0.495 e. The van der Waals surface area contributed by atoms with Gasteiger partial charge in [-0.2, -0.15) is 0 Å². The molecule has 9 nitrogen and oxygen atoms in total. The van der Waals surface area contributed by atoms with Crippen LogP contribution in [0.1, 0.15) is 19.4 Å². The summed E-state index contributed by atoms with van der Waals surface area (Å²) in [7, 11) is 4.24. The Labute approximate surface area is 195 Å². The summed E-state index contributed by atoms with van der Waals surface area (Å²) < 4.78 is 21.5. The van der Waals surface area contributed by atoms with E-state index in [0.29, 0.717) is 17.1 Å². The molecule has 33 heavy (non-hydrogen) atoms. The number of hydrogen-bond acceptors (Lipinski definition) is 7. The summed E-state index contributed by atoms with van der Waals surface area (Å²) in [5.74, 6) is -0.353. The van der Waals surface area contributed by atoms with Crippen molar-refractivity contribution in [2.24, 2.45) is 0 Å². The van der Waals surface area contributed by atoms with Gasteiger partial charge in [-0.25, -0.2) is 9.69 Å². The highest BCUT2D eigenvalue weighted by molar-refractivity contribution is 6.39. The zero-order valence-electron chi connectivity index (χ0n) is 18.7. The summed E-state index contributed by atoms with van der Waals surface area (Å²) in [5.41, 5.74) is 0.305. The summed E-state index contributed by atoms with van der Waals surface area (Å²) in [6, 6.07) is 6.83. The third kappa shape index (κ3) is 4.88. The van der Waals surface area contributed by atoms with Gasteiger partial charge < -0.3 is 18.9 Å². The summed E-state index contributed by atoms with van der Waals surface area (Å²) >= 11 is 6.13. The molecule has 0 unspecified atom stereocenters. The normalized spacial score (nSPS) is 15.1. The lowest BCUT2D eigenvalue weighted by Gasteiger charge is -2.28. The zero-order valence-corrected chi connectivity index (χ0v) is 19.5. The van der Waals surface area contributed by atoms with Gasteiger partial charge in [-0.3, -0.25) is 14.9 Å². The van der Waals surface area contributed by atoms with Crippen LogP contribution < -0.4 is 29.2 Å². The minimum absolute atomic E-state index is 0.0675. The number of anilines is 1. The number of carbonyl (C=O) groups is 3. The van der Waals surface area contributed by atoms with E-state index in [4.69, 9.17) is 30.5 Å². The smallest absolute Gasteiger partial charge is 0.336 e. The number of halogens is 1. The summed E-state index contributed by atoms with van der Waals surface area (Å²) in [5, 5.41) is 2.40. The van der Waals surface area contributed by atoms with Gasteiger partial charge in [-0.15, -0.1) is 0 Å². The van der Waals surface area contributed by atoms with Crippen LogP contribution in [0.4, 0.5) is 10.5 Å². The van der Waals surface area contributed by atoms with Gasteiger partial charge in [0.25, 0.3) is 11.8 Å². The highest BCUT2D eigenvalue weighted by Crippen LogP contribution is 2.39. The van der Waals surface area contributed by atoms with Crippen LogP contribution in [0.5, 0.6) is 23.0 Å². The first-order valence-corrected chi connectivity index (χ1v) is 10.3. The maximum absolute atomic E-state index is 13.3. The van der Waals surface area contributed by atoms with E-state index in [1.165, 1.54) is 39.5 Å². The van der Waals surface area contributed by atoms with Crippen molar-refractivity contribution in [3.8, 4) is 23.0 Å². The monoisotopic (exact) mass is 474 g/mol. The van der Waals surface area contributed by atoms with Crippen LogP contribution >= 0.6 is 11.6 Å². The molecule has 0 saturated carbocycles. The molecule has 0 radical (unpaired) electrons. The molecular weight excluding hydrogens is 452 g/mol. The van der Waals surface area contributed by atoms with Crippen molar-refractivity contribution in [1.82, 2.24) is 5.32 Å². The Morgan fingerprint density at radius 1 is 0.909 bits per heavy atom. The number of hydrogen-bond donors (Lipinski definition) is 1. The van der Waals surface area contributed by atoms with Crippen LogP contribution in [0.2, 0.25) is 5.02 Å². The number of barbiturate groups is 1. The predicted molar refractivity (Wildman–Crippen MR) is 122 cm³/mol. The Balaban J connectivity index is 2.05. The first-order valence-electron chi connectivity index (χ1n) is 9.87. The van der Waals surface area contributed by atoms with Crippen LogP contribution in [0.25, 0.3) is 6.08 Å². The number of amides is 4. The molecule has 0 spiro atoms. The molecule has 1 heterocycles. The van der Waals surface area contributed by atoms with Crippen LogP contribution in [0.15, 0.2) is 35.9 Å². The second kappa shape index (κ2) is 9.83. The number of nitrogens with one attached hydrogen (secondary N) is 1. The van der Waals surface area contributed by atoms with Crippen molar-refractivity contribution in [2.45, 2.75) is 20.0 Å². The van der Waals surface area contributed by atoms with E-state index in [9.17, 15) is 14.4 Å². The minimum atomic E-state index is -0.928. The standard InChI is InChI=1S/C23H23ClN2O7/c1-12(2)33-17-7-6-13(9-20(17)32-5)8-14-21(27)25-23(29)26(22(14)28)16-11-18(30-3)15(24)10-19(16)31-4/h6-12H,1-5H3,(H,25,27,29). The molecule has 1 N–H and O–H groups in total. The van der Waals surface area contributed by atoms with E-state index in [0.717, 1.165) is 4.90 Å². The topological polar surface area (TPSA) is 103 Å². The molecule has 0 aliphatic carbocycles. The zero-order chi connectivity index (χ0) is 24.3. The third-order valence-corrected chi connectivity index (χ3v) is 4.95. The van der Waals surface area contributed by atoms with E-state index < -0.39 is 17.8 Å². The van der Waals surface area contributed by atoms with E-state index in [1.54, 1.807) is 18.2 Å². The number of imide groups is 2. The highest BCUT2D eigenvalue weighted by atomic mass is 35.5. The molecule has 2 aromatic rings. The number of benzene rings is 2. The van der Waals surface area contributed by atoms with E-state index in [1.807, 2.05) is 13.8 Å². The third-order valence-electron chi connectivity index (χ3n) is 4.66. The van der Waals surface area contributed by atoms with Gasteiger partial charge in [0.1, 0.15) is 17.1 Å². The lowest BCUT2D eigenvalue weighted by molar-refractivity contribution is -0.122. The van der Waals surface area contributed by atoms with Gasteiger partial charge in [0.2, 0.25) is 0 Å². The second-order valence-electron chi connectivity index (χ2n) is 7.19. The summed E-state index contributed by atoms with van der Waals surface area (Å²) in [6.45, 7) is 3.76. The van der Waals surface area contributed by atoms with Crippen LogP contribution in [-0.4, -0.2) is 45.3 Å². The second-order valence-corrected chi connectivity index (χ2v) is 7.60. The van der Waals surface area contributed by atoms with Gasteiger partial charge in [0.05, 0.1) is 38.1 Å². The molecule has 174 valence electrons. The first kappa shape index (κ1) is 23.9. The van der Waals surface area contributed by atoms with E-state index in [-0.39, 0.29) is 33.9 Å². The van der Waals surface area contributed by atoms with Gasteiger partial charge in [-0.05, 0) is 37.6 Å². The Morgan fingerprint density at radius 3 is 2.18 bits per heavy atom. The lowest BCUT2D eigenvalue weighted by Crippen LogP contribution is -2.54. The Morgan fingerprint density at radius 2 is 1.58 bits per heavy atom. The summed E-state index contributed by atoms with van der Waals surface area (Å²) in [6.07, 6.45) is 1.29. The van der Waals surface area contributed by atoms with Crippen molar-refractivity contribution < 1.29 is 33.3 Å². The highest BCUT2D eigenvalue weighted by Gasteiger charge is 2.38. The van der Waals surface area contributed by atoms with Gasteiger partial charge in [0.15, 0.2) is 11.5 Å². The Bertz CT molecular complexity index is 1140. The van der Waals surface area contributed by atoms with Crippen molar-refractivity contribution in [3.05, 3.63) is 46.5 Å². The maximum atomic E-state index is 13.3. The molecule has 3 rings (SSSR count). The van der Waals surface area contributed by atoms with E-state index >= 15 is 0 Å². The van der Waals surface area contributed by atoms with Crippen molar-refractivity contribution in [1.29, 1.82) is 0 Å². The predicted octanol–water partition coefficient (Wildman–Crippen LogP) is 3.82. The summed E-state index contributed by atoms with van der Waals surface area (Å²) in [4.78, 5) is 39.2. The number of ether oxygens (including phenoxy) is 4. The molecular formula is C23H23ClN2O7. The molecule has 4 amide bonds. The van der Waals surface area contributed by atoms with Gasteiger partial charge in [-0.1, -0.05) is 17.7 Å². The van der Waals surface area contributed by atoms with Gasteiger partial charge >= 0.3 is 6.03 Å². The first-order chi connectivity index (χ1) is 15.7. The van der Waals surface area contributed by atoms with Crippen molar-refractivity contribution >= 4 is 41.2 Å².